The van der Waals surface area contributed by atoms with Crippen molar-refractivity contribution < 1.29 is 0 Å². The van der Waals surface area contributed by atoms with Crippen molar-refractivity contribution in [1.29, 1.82) is 0 Å². The minimum atomic E-state index is 0.0240. The molecule has 1 N–H and O–H groups in total. The monoisotopic (exact) mass is 272 g/mol. The number of nitrogens with one attached hydrogen (secondary N) is 1. The van der Waals surface area contributed by atoms with Crippen LogP contribution in [0.5, 0.6) is 0 Å². The Morgan fingerprint density at radius 1 is 1.30 bits per heavy atom. The van der Waals surface area contributed by atoms with Crippen LogP contribution in [0.2, 0.25) is 0 Å². The lowest BCUT2D eigenvalue weighted by molar-refractivity contribution is 0.453. The van der Waals surface area contributed by atoms with Crippen LogP contribution in [0.1, 0.15) is 30.3 Å². The number of hydrogen-bond donors (Lipinski definition) is 1. The molecule has 0 amide bonds. The number of hydrogen-bond acceptors (Lipinski definition) is 3. The van der Waals surface area contributed by atoms with Gasteiger partial charge in [-0.25, -0.2) is 9.48 Å². The highest BCUT2D eigenvalue weighted by atomic mass is 16.2. The second-order valence-electron chi connectivity index (χ2n) is 5.24. The van der Waals surface area contributed by atoms with E-state index in [4.69, 9.17) is 0 Å². The third-order valence-electron chi connectivity index (χ3n) is 3.94. The summed E-state index contributed by atoms with van der Waals surface area (Å²) in [6.45, 7) is 1.38. The lowest BCUT2D eigenvalue weighted by Gasteiger charge is -2.15. The second-order valence-corrected chi connectivity index (χ2v) is 5.24. The average molecular weight is 272 g/mol. The number of nitrogens with zero attached hydrogens (tertiary/aromatic N) is 3. The highest BCUT2D eigenvalue weighted by Crippen LogP contribution is 2.14. The van der Waals surface area contributed by atoms with Gasteiger partial charge in [0.1, 0.15) is 5.82 Å². The Balaban J connectivity index is 1.87. The zero-order valence-corrected chi connectivity index (χ0v) is 11.7. The van der Waals surface area contributed by atoms with Crippen LogP contribution in [0.25, 0.3) is 0 Å². The van der Waals surface area contributed by atoms with Gasteiger partial charge in [0.05, 0.1) is 12.6 Å². The number of rotatable bonds is 4. The molecule has 3 rings (SSSR count). The lowest BCUT2D eigenvalue weighted by atomic mass is 10.1. The van der Waals surface area contributed by atoms with Crippen LogP contribution in [0.15, 0.2) is 35.1 Å². The molecule has 0 radical (unpaired) electrons. The Labute approximate surface area is 118 Å². The molecule has 5 heteroatoms. The van der Waals surface area contributed by atoms with Crippen molar-refractivity contribution in [2.24, 2.45) is 0 Å². The number of fused-ring (bicyclic) bond motifs is 1. The van der Waals surface area contributed by atoms with Crippen LogP contribution in [0, 0.1) is 0 Å². The van der Waals surface area contributed by atoms with Crippen molar-refractivity contribution in [1.82, 2.24) is 19.7 Å². The predicted octanol–water partition coefficient (Wildman–Crippen LogP) is 1.34. The summed E-state index contributed by atoms with van der Waals surface area (Å²) < 4.78 is 3.43. The number of likely N-dealkylation sites (N-methyl/N-ethyl adjacent to an activating group) is 1. The summed E-state index contributed by atoms with van der Waals surface area (Å²) in [5.74, 6) is 0.934. The molecular weight excluding hydrogens is 252 g/mol. The van der Waals surface area contributed by atoms with Gasteiger partial charge < -0.3 is 5.32 Å². The first kappa shape index (κ1) is 13.1. The normalized spacial score (nSPS) is 15.8. The molecule has 20 heavy (non-hydrogen) atoms. The van der Waals surface area contributed by atoms with E-state index in [9.17, 15) is 4.79 Å². The lowest BCUT2D eigenvalue weighted by Crippen LogP contribution is -2.31. The van der Waals surface area contributed by atoms with E-state index >= 15 is 0 Å². The zero-order chi connectivity index (χ0) is 13.9. The van der Waals surface area contributed by atoms with Crippen molar-refractivity contribution in [3.8, 4) is 0 Å². The molecular formula is C15H20N4O. The molecule has 2 heterocycles. The maximum absolute atomic E-state index is 12.3. The summed E-state index contributed by atoms with van der Waals surface area (Å²) in [5.41, 5.74) is 1.20. The molecule has 0 spiro atoms. The van der Waals surface area contributed by atoms with Crippen LogP contribution in [0.4, 0.5) is 0 Å². The fourth-order valence-electron chi connectivity index (χ4n) is 2.79. The van der Waals surface area contributed by atoms with E-state index in [-0.39, 0.29) is 11.7 Å². The number of aromatic nitrogens is 3. The Morgan fingerprint density at radius 3 is 2.80 bits per heavy atom. The molecule has 1 atom stereocenters. The topological polar surface area (TPSA) is 51.9 Å². The summed E-state index contributed by atoms with van der Waals surface area (Å²) in [6, 6.07) is 10.3. The molecule has 1 aromatic carbocycles. The molecule has 2 aromatic rings. The van der Waals surface area contributed by atoms with E-state index in [2.05, 4.69) is 22.5 Å². The van der Waals surface area contributed by atoms with Crippen LogP contribution in [-0.2, 0) is 19.5 Å². The maximum Gasteiger partial charge on any atom is 0.345 e. The zero-order valence-electron chi connectivity index (χ0n) is 11.7. The first-order chi connectivity index (χ1) is 9.79. The fourth-order valence-corrected chi connectivity index (χ4v) is 2.79. The van der Waals surface area contributed by atoms with E-state index in [1.54, 1.807) is 4.68 Å². The Bertz CT molecular complexity index is 629. The van der Waals surface area contributed by atoms with Crippen molar-refractivity contribution >= 4 is 0 Å². The van der Waals surface area contributed by atoms with Crippen LogP contribution >= 0.6 is 0 Å². The summed E-state index contributed by atoms with van der Waals surface area (Å²) in [7, 11) is 1.92. The van der Waals surface area contributed by atoms with Gasteiger partial charge in [-0.15, -0.1) is 0 Å². The Morgan fingerprint density at radius 2 is 2.10 bits per heavy atom. The van der Waals surface area contributed by atoms with E-state index in [0.717, 1.165) is 31.6 Å². The van der Waals surface area contributed by atoms with Gasteiger partial charge in [-0.05, 0) is 25.5 Å². The number of benzene rings is 1. The van der Waals surface area contributed by atoms with Crippen molar-refractivity contribution in [2.45, 2.75) is 38.4 Å². The van der Waals surface area contributed by atoms with E-state index in [1.165, 1.54) is 5.56 Å². The van der Waals surface area contributed by atoms with Gasteiger partial charge >= 0.3 is 5.69 Å². The number of aryl methyl sites for hydroxylation is 1. The van der Waals surface area contributed by atoms with Crippen LogP contribution in [-0.4, -0.2) is 21.4 Å². The molecule has 106 valence electrons. The third-order valence-corrected chi connectivity index (χ3v) is 3.94. The van der Waals surface area contributed by atoms with Gasteiger partial charge in [0.15, 0.2) is 0 Å². The molecule has 5 nitrogen and oxygen atoms in total. The van der Waals surface area contributed by atoms with Crippen LogP contribution in [0.3, 0.4) is 0 Å². The largest absolute Gasteiger partial charge is 0.345 e. The summed E-state index contributed by atoms with van der Waals surface area (Å²) >= 11 is 0. The van der Waals surface area contributed by atoms with Gasteiger partial charge in [-0.2, -0.15) is 5.10 Å². The van der Waals surface area contributed by atoms with E-state index in [1.807, 2.05) is 29.8 Å². The Hall–Kier alpha value is -1.88. The Kier molecular flexibility index (Phi) is 3.69. The smallest absolute Gasteiger partial charge is 0.311 e. The molecule has 0 bridgehead atoms. The second kappa shape index (κ2) is 5.63. The van der Waals surface area contributed by atoms with E-state index < -0.39 is 0 Å². The molecule has 1 aromatic heterocycles. The van der Waals surface area contributed by atoms with Gasteiger partial charge in [-0.3, -0.25) is 4.57 Å². The first-order valence-corrected chi connectivity index (χ1v) is 7.18. The van der Waals surface area contributed by atoms with Crippen LogP contribution < -0.4 is 11.0 Å². The minimum Gasteiger partial charge on any atom is -0.311 e. The van der Waals surface area contributed by atoms with Gasteiger partial charge in [-0.1, -0.05) is 30.3 Å². The summed E-state index contributed by atoms with van der Waals surface area (Å²) in [5, 5.41) is 7.76. The fraction of sp³-hybridized carbons (Fsp3) is 0.467. The SMILES string of the molecule is CNC(Cn1nc2n(c1=O)CCCC2)c1ccccc1. The first-order valence-electron chi connectivity index (χ1n) is 7.18. The molecule has 1 unspecified atom stereocenters. The summed E-state index contributed by atoms with van der Waals surface area (Å²) in [4.78, 5) is 12.3. The predicted molar refractivity (Wildman–Crippen MR) is 77.7 cm³/mol. The maximum atomic E-state index is 12.3. The quantitative estimate of drug-likeness (QED) is 0.914. The van der Waals surface area contributed by atoms with Crippen molar-refractivity contribution in [2.75, 3.05) is 7.05 Å². The average Bonchev–Trinajstić information content (AvgIpc) is 2.82. The van der Waals surface area contributed by atoms with Gasteiger partial charge in [0.25, 0.3) is 0 Å². The van der Waals surface area contributed by atoms with Gasteiger partial charge in [0, 0.05) is 13.0 Å². The molecule has 0 saturated heterocycles. The molecule has 1 aliphatic heterocycles. The minimum absolute atomic E-state index is 0.0240. The standard InChI is InChI=1S/C15H20N4O/c1-16-13(12-7-3-2-4-8-12)11-19-15(20)18-10-6-5-9-14(18)17-19/h2-4,7-8,13,16H,5-6,9-11H2,1H3. The molecule has 1 aliphatic rings. The molecule has 0 saturated carbocycles. The van der Waals surface area contributed by atoms with Gasteiger partial charge in [0.2, 0.25) is 0 Å². The third kappa shape index (κ3) is 2.41. The van der Waals surface area contributed by atoms with Crippen molar-refractivity contribution in [3.63, 3.8) is 0 Å². The highest BCUT2D eigenvalue weighted by molar-refractivity contribution is 5.18. The molecule has 0 fully saturated rings. The van der Waals surface area contributed by atoms with E-state index in [0.29, 0.717) is 6.54 Å². The molecule has 0 aliphatic carbocycles. The van der Waals surface area contributed by atoms with Crippen molar-refractivity contribution in [3.05, 3.63) is 52.2 Å². The highest BCUT2D eigenvalue weighted by Gasteiger charge is 2.19. The summed E-state index contributed by atoms with van der Waals surface area (Å²) in [6.07, 6.45) is 3.12.